The van der Waals surface area contributed by atoms with Crippen LogP contribution in [0.3, 0.4) is 0 Å². The average molecular weight is 223 g/mol. The van der Waals surface area contributed by atoms with Gasteiger partial charge in [-0.15, -0.1) is 0 Å². The van der Waals surface area contributed by atoms with E-state index in [1.165, 1.54) is 0 Å². The number of benzene rings is 1. The Bertz CT molecular complexity index is 295. The summed E-state index contributed by atoms with van der Waals surface area (Å²) in [7, 11) is 1.70. The lowest BCUT2D eigenvalue weighted by Gasteiger charge is -2.15. The fourth-order valence-corrected chi connectivity index (χ4v) is 1.43. The Kier molecular flexibility index (Phi) is 5.29. The van der Waals surface area contributed by atoms with Gasteiger partial charge in [0.1, 0.15) is 5.75 Å². The first kappa shape index (κ1) is 13.0. The lowest BCUT2D eigenvalue weighted by atomic mass is 10.1. The molecule has 0 amide bonds. The summed E-state index contributed by atoms with van der Waals surface area (Å²) in [5.41, 5.74) is 6.90. The van der Waals surface area contributed by atoms with Crippen LogP contribution in [0.4, 0.5) is 0 Å². The van der Waals surface area contributed by atoms with Gasteiger partial charge in [0.25, 0.3) is 0 Å². The summed E-state index contributed by atoms with van der Waals surface area (Å²) in [5.74, 6) is 0.882. The minimum atomic E-state index is 0.0694. The van der Waals surface area contributed by atoms with Crippen LogP contribution in [-0.2, 0) is 4.74 Å². The van der Waals surface area contributed by atoms with Crippen molar-refractivity contribution < 1.29 is 9.47 Å². The Labute approximate surface area is 97.6 Å². The van der Waals surface area contributed by atoms with Crippen LogP contribution < -0.4 is 10.5 Å². The molecule has 2 N–H and O–H groups in total. The van der Waals surface area contributed by atoms with Gasteiger partial charge >= 0.3 is 0 Å². The van der Waals surface area contributed by atoms with Crippen molar-refractivity contribution in [2.45, 2.75) is 32.4 Å². The first-order valence-corrected chi connectivity index (χ1v) is 5.64. The third-order valence-electron chi connectivity index (χ3n) is 2.47. The van der Waals surface area contributed by atoms with Gasteiger partial charge in [-0.25, -0.2) is 0 Å². The maximum Gasteiger partial charge on any atom is 0.119 e. The number of hydrogen-bond donors (Lipinski definition) is 1. The molecule has 0 aliphatic carbocycles. The Hall–Kier alpha value is -1.06. The molecule has 16 heavy (non-hydrogen) atoms. The molecule has 90 valence electrons. The summed E-state index contributed by atoms with van der Waals surface area (Å²) in [6.07, 6.45) is 1.06. The highest BCUT2D eigenvalue weighted by molar-refractivity contribution is 5.28. The molecule has 1 unspecified atom stereocenters. The number of hydrogen-bond acceptors (Lipinski definition) is 3. The molecule has 0 radical (unpaired) electrons. The summed E-state index contributed by atoms with van der Waals surface area (Å²) < 4.78 is 10.7. The Morgan fingerprint density at radius 1 is 1.19 bits per heavy atom. The molecule has 0 aromatic heterocycles. The van der Waals surface area contributed by atoms with Gasteiger partial charge in [-0.2, -0.15) is 0 Å². The van der Waals surface area contributed by atoms with Crippen LogP contribution >= 0.6 is 0 Å². The lowest BCUT2D eigenvalue weighted by molar-refractivity contribution is 0.135. The van der Waals surface area contributed by atoms with Gasteiger partial charge in [0.15, 0.2) is 0 Å². The van der Waals surface area contributed by atoms with E-state index in [9.17, 15) is 0 Å². The van der Waals surface area contributed by atoms with Crippen LogP contribution in [-0.4, -0.2) is 19.8 Å². The molecule has 0 aliphatic heterocycles. The number of nitrogens with two attached hydrogens (primary N) is 1. The van der Waals surface area contributed by atoms with Crippen molar-refractivity contribution in [1.82, 2.24) is 0 Å². The molecule has 0 aliphatic rings. The van der Waals surface area contributed by atoms with Crippen molar-refractivity contribution in [2.75, 3.05) is 13.7 Å². The molecule has 1 aromatic carbocycles. The molecule has 3 heteroatoms. The minimum absolute atomic E-state index is 0.0694. The van der Waals surface area contributed by atoms with E-state index in [0.717, 1.165) is 24.3 Å². The summed E-state index contributed by atoms with van der Waals surface area (Å²) in [5, 5.41) is 0. The first-order valence-electron chi connectivity index (χ1n) is 5.64. The number of ether oxygens (including phenoxy) is 2. The van der Waals surface area contributed by atoms with Crippen LogP contribution in [0, 0.1) is 0 Å². The molecular weight excluding hydrogens is 202 g/mol. The second-order valence-corrected chi connectivity index (χ2v) is 4.07. The van der Waals surface area contributed by atoms with Crippen LogP contribution in [0.25, 0.3) is 0 Å². The van der Waals surface area contributed by atoms with Crippen molar-refractivity contribution in [3.63, 3.8) is 0 Å². The SMILES string of the molecule is COCCC(C)Oc1ccc([C@@H](C)N)cc1. The molecule has 0 spiro atoms. The van der Waals surface area contributed by atoms with Gasteiger partial charge in [0, 0.05) is 26.2 Å². The highest BCUT2D eigenvalue weighted by Crippen LogP contribution is 2.17. The van der Waals surface area contributed by atoms with Crippen molar-refractivity contribution in [1.29, 1.82) is 0 Å². The normalized spacial score (nSPS) is 14.5. The predicted molar refractivity (Wildman–Crippen MR) is 65.6 cm³/mol. The zero-order chi connectivity index (χ0) is 12.0. The van der Waals surface area contributed by atoms with Crippen LogP contribution in [0.1, 0.15) is 31.9 Å². The van der Waals surface area contributed by atoms with Gasteiger partial charge in [-0.3, -0.25) is 0 Å². The molecule has 0 bridgehead atoms. The maximum atomic E-state index is 5.77. The van der Waals surface area contributed by atoms with Gasteiger partial charge < -0.3 is 15.2 Å². The molecule has 1 aromatic rings. The van der Waals surface area contributed by atoms with Crippen molar-refractivity contribution in [3.05, 3.63) is 29.8 Å². The third-order valence-corrected chi connectivity index (χ3v) is 2.47. The van der Waals surface area contributed by atoms with Gasteiger partial charge in [0.2, 0.25) is 0 Å². The lowest BCUT2D eigenvalue weighted by Crippen LogP contribution is -2.14. The standard InChI is InChI=1S/C13H21NO2/c1-10(8-9-15-3)16-13-6-4-12(5-7-13)11(2)14/h4-7,10-11H,8-9,14H2,1-3H3/t10?,11-/m1/s1. The molecule has 2 atom stereocenters. The van der Waals surface area contributed by atoms with Crippen molar-refractivity contribution in [3.8, 4) is 5.75 Å². The van der Waals surface area contributed by atoms with E-state index in [1.54, 1.807) is 7.11 Å². The van der Waals surface area contributed by atoms with E-state index >= 15 is 0 Å². The first-order chi connectivity index (χ1) is 7.63. The summed E-state index contributed by atoms with van der Waals surface area (Å²) in [4.78, 5) is 0. The largest absolute Gasteiger partial charge is 0.491 e. The topological polar surface area (TPSA) is 44.5 Å². The van der Waals surface area contributed by atoms with Gasteiger partial charge in [-0.05, 0) is 31.5 Å². The molecule has 0 heterocycles. The number of methoxy groups -OCH3 is 1. The van der Waals surface area contributed by atoms with Crippen molar-refractivity contribution >= 4 is 0 Å². The van der Waals surface area contributed by atoms with Gasteiger partial charge in [0.05, 0.1) is 6.10 Å². The summed E-state index contributed by atoms with van der Waals surface area (Å²) in [6.45, 7) is 4.73. The Morgan fingerprint density at radius 2 is 1.81 bits per heavy atom. The minimum Gasteiger partial charge on any atom is -0.491 e. The highest BCUT2D eigenvalue weighted by atomic mass is 16.5. The molecule has 3 nitrogen and oxygen atoms in total. The molecular formula is C13H21NO2. The quantitative estimate of drug-likeness (QED) is 0.806. The molecule has 1 rings (SSSR count). The Morgan fingerprint density at radius 3 is 2.31 bits per heavy atom. The maximum absolute atomic E-state index is 5.77. The monoisotopic (exact) mass is 223 g/mol. The fraction of sp³-hybridized carbons (Fsp3) is 0.538. The molecule has 0 fully saturated rings. The second-order valence-electron chi connectivity index (χ2n) is 4.07. The van der Waals surface area contributed by atoms with E-state index in [-0.39, 0.29) is 12.1 Å². The van der Waals surface area contributed by atoms with E-state index in [4.69, 9.17) is 15.2 Å². The average Bonchev–Trinajstić information content (AvgIpc) is 2.27. The summed E-state index contributed by atoms with van der Waals surface area (Å²) >= 11 is 0. The van der Waals surface area contributed by atoms with Crippen LogP contribution in [0.2, 0.25) is 0 Å². The van der Waals surface area contributed by atoms with Gasteiger partial charge in [-0.1, -0.05) is 12.1 Å². The van der Waals surface area contributed by atoms with Crippen LogP contribution in [0.15, 0.2) is 24.3 Å². The zero-order valence-electron chi connectivity index (χ0n) is 10.3. The zero-order valence-corrected chi connectivity index (χ0v) is 10.3. The Balaban J connectivity index is 2.48. The highest BCUT2D eigenvalue weighted by Gasteiger charge is 2.04. The molecule has 0 saturated heterocycles. The smallest absolute Gasteiger partial charge is 0.119 e. The van der Waals surface area contributed by atoms with Crippen LogP contribution in [0.5, 0.6) is 5.75 Å². The van der Waals surface area contributed by atoms with E-state index in [0.29, 0.717) is 0 Å². The second kappa shape index (κ2) is 6.51. The van der Waals surface area contributed by atoms with E-state index in [2.05, 4.69) is 0 Å². The summed E-state index contributed by atoms with van der Waals surface area (Å²) in [6, 6.07) is 8.00. The number of rotatable bonds is 6. The van der Waals surface area contributed by atoms with Crippen molar-refractivity contribution in [2.24, 2.45) is 5.73 Å². The third kappa shape index (κ3) is 4.21. The fourth-order valence-electron chi connectivity index (χ4n) is 1.43. The predicted octanol–water partition coefficient (Wildman–Crippen LogP) is 2.51. The van der Waals surface area contributed by atoms with E-state index in [1.807, 2.05) is 38.1 Å². The molecule has 0 saturated carbocycles. The van der Waals surface area contributed by atoms with E-state index < -0.39 is 0 Å².